The van der Waals surface area contributed by atoms with Gasteiger partial charge >= 0.3 is 0 Å². The van der Waals surface area contributed by atoms with Crippen LogP contribution < -0.4 is 0 Å². The number of aromatic nitrogens is 3. The maximum absolute atomic E-state index is 14.2. The summed E-state index contributed by atoms with van der Waals surface area (Å²) >= 11 is 1.16. The van der Waals surface area contributed by atoms with Gasteiger partial charge in [-0.1, -0.05) is 72.8 Å². The Kier molecular flexibility index (Phi) is 5.36. The van der Waals surface area contributed by atoms with E-state index in [0.717, 1.165) is 66.8 Å². The fraction of sp³-hybridized carbons (Fsp3) is 0. The van der Waals surface area contributed by atoms with E-state index < -0.39 is 17.2 Å². The number of hydrogen-bond acceptors (Lipinski definition) is 5. The van der Waals surface area contributed by atoms with E-state index in [0.29, 0.717) is 11.1 Å². The number of fused-ring (bicyclic) bond motifs is 5. The lowest BCUT2D eigenvalue weighted by Gasteiger charge is -2.13. The van der Waals surface area contributed by atoms with Crippen molar-refractivity contribution in [3.8, 4) is 39.6 Å². The van der Waals surface area contributed by atoms with Crippen molar-refractivity contribution in [2.45, 2.75) is 0 Å². The number of benzene rings is 5. The third-order valence-electron chi connectivity index (χ3n) is 6.93. The van der Waals surface area contributed by atoms with E-state index in [2.05, 4.69) is 16.5 Å². The topological polar surface area (TPSA) is 62.5 Å². The van der Waals surface area contributed by atoms with Crippen LogP contribution in [0.25, 0.3) is 66.2 Å². The molecule has 2 heterocycles. The van der Waals surface area contributed by atoms with E-state index in [1.54, 1.807) is 6.07 Å². The predicted octanol–water partition coefficient (Wildman–Crippen LogP) is 8.54. The molecule has 0 amide bonds. The van der Waals surface area contributed by atoms with Crippen molar-refractivity contribution >= 4 is 44.4 Å². The molecule has 0 unspecified atom stereocenters. The maximum Gasteiger partial charge on any atom is 0.144 e. The van der Waals surface area contributed by atoms with Gasteiger partial charge in [0, 0.05) is 27.3 Å². The molecule has 0 atom stereocenters. The molecule has 0 saturated heterocycles. The van der Waals surface area contributed by atoms with Gasteiger partial charge in [-0.15, -0.1) is 0 Å². The molecule has 0 fully saturated rings. The van der Waals surface area contributed by atoms with Crippen LogP contribution in [-0.4, -0.2) is 13.7 Å². The van der Waals surface area contributed by atoms with Crippen LogP contribution in [0.2, 0.25) is 0 Å². The van der Waals surface area contributed by atoms with E-state index in [1.165, 1.54) is 12.1 Å². The van der Waals surface area contributed by atoms with Gasteiger partial charge in [-0.25, -0.2) is 13.8 Å². The highest BCUT2D eigenvalue weighted by atomic mass is 32.1. The molecule has 0 N–H and O–H groups in total. The number of para-hydroxylation sites is 1. The number of rotatable bonds is 3. The number of nitriles is 1. The molecule has 0 spiro atoms. The molecule has 184 valence electrons. The molecule has 2 aromatic heterocycles. The molecule has 0 saturated carbocycles. The van der Waals surface area contributed by atoms with Gasteiger partial charge in [0.1, 0.15) is 34.3 Å². The van der Waals surface area contributed by atoms with E-state index in [-0.39, 0.29) is 0 Å². The number of nitrogens with zero attached hydrogens (tertiary/aromatic N) is 4. The van der Waals surface area contributed by atoms with Crippen LogP contribution in [-0.2, 0) is 0 Å². The summed E-state index contributed by atoms with van der Waals surface area (Å²) in [6, 6.07) is 31.6. The van der Waals surface area contributed by atoms with Crippen LogP contribution in [0.5, 0.6) is 0 Å². The Bertz CT molecular complexity index is 2070. The summed E-state index contributed by atoms with van der Waals surface area (Å²) in [5.41, 5.74) is 6.53. The third-order valence-corrected chi connectivity index (χ3v) is 7.46. The van der Waals surface area contributed by atoms with Crippen molar-refractivity contribution in [1.29, 1.82) is 5.26 Å². The summed E-state index contributed by atoms with van der Waals surface area (Å²) < 4.78 is 37.8. The molecule has 0 bridgehead atoms. The van der Waals surface area contributed by atoms with Gasteiger partial charge in [-0.05, 0) is 41.0 Å². The van der Waals surface area contributed by atoms with Crippen molar-refractivity contribution in [1.82, 2.24) is 13.7 Å². The molecule has 0 aliphatic heterocycles. The first-order chi connectivity index (χ1) is 19.1. The second-order valence-corrected chi connectivity index (χ2v) is 9.68. The van der Waals surface area contributed by atoms with Crippen LogP contribution in [0.1, 0.15) is 5.56 Å². The van der Waals surface area contributed by atoms with Gasteiger partial charge in [0.15, 0.2) is 0 Å². The average Bonchev–Trinajstić information content (AvgIpc) is 3.47. The Balaban J connectivity index is 1.46. The Labute approximate surface area is 225 Å². The second kappa shape index (κ2) is 9.05. The van der Waals surface area contributed by atoms with E-state index in [9.17, 15) is 8.78 Å². The summed E-state index contributed by atoms with van der Waals surface area (Å²) in [6.07, 6.45) is 0. The molecule has 0 radical (unpaired) electrons. The summed E-state index contributed by atoms with van der Waals surface area (Å²) in [4.78, 5) is 5.05. The molecule has 4 nitrogen and oxygen atoms in total. The average molecular weight is 527 g/mol. The quantitative estimate of drug-likeness (QED) is 0.216. The Morgan fingerprint density at radius 1 is 0.641 bits per heavy atom. The van der Waals surface area contributed by atoms with E-state index >= 15 is 0 Å². The SMILES string of the molecule is N#Cc1c(F)cc(-c2ccc(-c3cc4c(-c5ccccc5)nc5ccccc5c4c4nsnc34)cc2)cc1F. The van der Waals surface area contributed by atoms with Crippen LogP contribution in [0, 0.1) is 23.0 Å². The molecule has 0 aliphatic carbocycles. The lowest BCUT2D eigenvalue weighted by Crippen LogP contribution is -1.93. The highest BCUT2D eigenvalue weighted by Gasteiger charge is 2.19. The van der Waals surface area contributed by atoms with Crippen molar-refractivity contribution in [3.63, 3.8) is 0 Å². The van der Waals surface area contributed by atoms with E-state index in [4.69, 9.17) is 14.6 Å². The zero-order chi connectivity index (χ0) is 26.5. The standard InChI is InChI=1S/C32H16F2N4S/c33-26-14-21(15-27(34)25(26)17-35)18-10-12-19(13-11-18)23-16-24-29(32-31(23)37-39-38-32)22-8-4-5-9-28(22)36-30(24)20-6-2-1-3-7-20/h1-16H. The molecule has 5 aromatic carbocycles. The zero-order valence-electron chi connectivity index (χ0n) is 20.2. The van der Waals surface area contributed by atoms with Gasteiger partial charge in [-0.2, -0.15) is 14.0 Å². The lowest BCUT2D eigenvalue weighted by molar-refractivity contribution is 0.577. The summed E-state index contributed by atoms with van der Waals surface area (Å²) in [5.74, 6) is -1.76. The predicted molar refractivity (Wildman–Crippen MR) is 151 cm³/mol. The molecule has 7 heteroatoms. The monoisotopic (exact) mass is 526 g/mol. The van der Waals surface area contributed by atoms with Gasteiger partial charge in [0.2, 0.25) is 0 Å². The molecular weight excluding hydrogens is 510 g/mol. The minimum absolute atomic E-state index is 0.358. The molecule has 7 aromatic rings. The van der Waals surface area contributed by atoms with Crippen molar-refractivity contribution in [2.75, 3.05) is 0 Å². The van der Waals surface area contributed by atoms with Crippen molar-refractivity contribution < 1.29 is 8.78 Å². The highest BCUT2D eigenvalue weighted by molar-refractivity contribution is 7.00. The highest BCUT2D eigenvalue weighted by Crippen LogP contribution is 2.41. The number of pyridine rings is 1. The first-order valence-corrected chi connectivity index (χ1v) is 12.9. The molecule has 7 rings (SSSR count). The Morgan fingerprint density at radius 2 is 1.31 bits per heavy atom. The second-order valence-electron chi connectivity index (χ2n) is 9.16. The fourth-order valence-corrected chi connectivity index (χ4v) is 5.66. The first-order valence-electron chi connectivity index (χ1n) is 12.2. The van der Waals surface area contributed by atoms with Crippen LogP contribution in [0.4, 0.5) is 8.78 Å². The molecule has 0 aliphatic rings. The maximum atomic E-state index is 14.2. The van der Waals surface area contributed by atoms with Crippen LogP contribution >= 0.6 is 11.7 Å². The minimum atomic E-state index is -0.880. The smallest absolute Gasteiger partial charge is 0.144 e. The van der Waals surface area contributed by atoms with Crippen molar-refractivity contribution in [3.05, 3.63) is 114 Å². The summed E-state index contributed by atoms with van der Waals surface area (Å²) in [6.45, 7) is 0. The Hall–Kier alpha value is -5.06. The fourth-order valence-electron chi connectivity index (χ4n) is 5.09. The Morgan fingerprint density at radius 3 is 2.05 bits per heavy atom. The largest absolute Gasteiger partial charge is 0.247 e. The normalized spacial score (nSPS) is 11.3. The lowest BCUT2D eigenvalue weighted by atomic mass is 9.93. The van der Waals surface area contributed by atoms with Crippen LogP contribution in [0.3, 0.4) is 0 Å². The summed E-state index contributed by atoms with van der Waals surface area (Å²) in [7, 11) is 0. The summed E-state index contributed by atoms with van der Waals surface area (Å²) in [5, 5.41) is 12.0. The van der Waals surface area contributed by atoms with Gasteiger partial charge in [0.25, 0.3) is 0 Å². The minimum Gasteiger partial charge on any atom is -0.247 e. The molecular formula is C32H16F2N4S. The van der Waals surface area contributed by atoms with Gasteiger partial charge in [-0.3, -0.25) is 0 Å². The van der Waals surface area contributed by atoms with Crippen molar-refractivity contribution in [2.24, 2.45) is 0 Å². The van der Waals surface area contributed by atoms with Crippen LogP contribution in [0.15, 0.2) is 97.1 Å². The third kappa shape index (κ3) is 3.73. The number of halogens is 2. The number of hydrogen-bond donors (Lipinski definition) is 0. The zero-order valence-corrected chi connectivity index (χ0v) is 21.0. The van der Waals surface area contributed by atoms with Gasteiger partial charge < -0.3 is 0 Å². The van der Waals surface area contributed by atoms with E-state index in [1.807, 2.05) is 72.8 Å². The molecule has 39 heavy (non-hydrogen) atoms. The first kappa shape index (κ1) is 23.1. The van der Waals surface area contributed by atoms with Gasteiger partial charge in [0.05, 0.1) is 22.9 Å².